The summed E-state index contributed by atoms with van der Waals surface area (Å²) in [7, 11) is 0. The molecular formula is C18H26N4O2. The highest BCUT2D eigenvalue weighted by atomic mass is 16.3. The number of nitrogens with one attached hydrogen (secondary N) is 2. The third-order valence-electron chi connectivity index (χ3n) is 4.48. The summed E-state index contributed by atoms with van der Waals surface area (Å²) in [5, 5.41) is 6.05. The molecular weight excluding hydrogens is 304 g/mol. The quantitative estimate of drug-likeness (QED) is 0.827. The molecule has 0 radical (unpaired) electrons. The van der Waals surface area contributed by atoms with Gasteiger partial charge in [0.25, 0.3) is 0 Å². The molecule has 1 aliphatic carbocycles. The van der Waals surface area contributed by atoms with Crippen molar-refractivity contribution in [1.82, 2.24) is 20.2 Å². The fourth-order valence-corrected chi connectivity index (χ4v) is 3.41. The Bertz CT molecular complexity index is 688. The van der Waals surface area contributed by atoms with Crippen LogP contribution in [0.1, 0.15) is 49.8 Å². The number of aromatic nitrogens is 2. The first-order chi connectivity index (χ1) is 11.4. The van der Waals surface area contributed by atoms with Crippen LogP contribution in [0.4, 0.5) is 4.79 Å². The van der Waals surface area contributed by atoms with Gasteiger partial charge in [0.1, 0.15) is 11.5 Å². The van der Waals surface area contributed by atoms with Gasteiger partial charge in [-0.3, -0.25) is 0 Å². The molecule has 0 aliphatic heterocycles. The number of amides is 2. The molecule has 0 aromatic carbocycles. The summed E-state index contributed by atoms with van der Waals surface area (Å²) in [6, 6.07) is 1.94. The number of nitrogens with zero attached hydrogens (tertiary/aromatic N) is 2. The minimum Gasteiger partial charge on any atom is -0.466 e. The Hall–Kier alpha value is -2.24. The number of furan rings is 1. The van der Waals surface area contributed by atoms with Gasteiger partial charge < -0.3 is 19.6 Å². The molecule has 2 aromatic rings. The topological polar surface area (TPSA) is 72.1 Å². The van der Waals surface area contributed by atoms with Gasteiger partial charge in [0.05, 0.1) is 12.4 Å². The van der Waals surface area contributed by atoms with Crippen LogP contribution in [-0.4, -0.2) is 22.1 Å². The van der Waals surface area contributed by atoms with Gasteiger partial charge >= 0.3 is 6.03 Å². The Kier molecular flexibility index (Phi) is 4.64. The number of imidazole rings is 1. The van der Waals surface area contributed by atoms with Crippen molar-refractivity contribution in [3.63, 3.8) is 0 Å². The molecule has 2 aromatic heterocycles. The van der Waals surface area contributed by atoms with Crippen LogP contribution in [0, 0.1) is 12.3 Å². The van der Waals surface area contributed by atoms with E-state index in [0.29, 0.717) is 6.54 Å². The van der Waals surface area contributed by atoms with Gasteiger partial charge in [-0.1, -0.05) is 13.8 Å². The molecule has 6 nitrogen and oxygen atoms in total. The molecule has 3 rings (SSSR count). The zero-order valence-corrected chi connectivity index (χ0v) is 14.6. The molecule has 0 spiro atoms. The minimum atomic E-state index is -0.117. The predicted octanol–water partition coefficient (Wildman–Crippen LogP) is 3.19. The van der Waals surface area contributed by atoms with Gasteiger partial charge in [-0.25, -0.2) is 9.78 Å². The third-order valence-corrected chi connectivity index (χ3v) is 4.48. The number of fused-ring (bicyclic) bond motifs is 1. The van der Waals surface area contributed by atoms with Crippen LogP contribution in [0.3, 0.4) is 0 Å². The molecule has 0 bridgehead atoms. The molecule has 2 amide bonds. The highest BCUT2D eigenvalue weighted by molar-refractivity contribution is 5.74. The predicted molar refractivity (Wildman–Crippen MR) is 91.7 cm³/mol. The maximum Gasteiger partial charge on any atom is 0.315 e. The van der Waals surface area contributed by atoms with Crippen LogP contribution in [0.5, 0.6) is 0 Å². The van der Waals surface area contributed by atoms with Crippen LogP contribution in [0.2, 0.25) is 0 Å². The summed E-state index contributed by atoms with van der Waals surface area (Å²) >= 11 is 0. The van der Waals surface area contributed by atoms with E-state index in [9.17, 15) is 4.79 Å². The number of rotatable bonds is 5. The number of hydrogen-bond donors (Lipinski definition) is 2. The van der Waals surface area contributed by atoms with E-state index >= 15 is 0 Å². The molecule has 0 saturated heterocycles. The lowest BCUT2D eigenvalue weighted by atomic mass is 9.75. The summed E-state index contributed by atoms with van der Waals surface area (Å²) in [5.74, 6) is 1.92. The fraction of sp³-hybridized carbons (Fsp3) is 0.556. The fourth-order valence-electron chi connectivity index (χ4n) is 3.41. The SMILES string of the molecule is Cc1cc2c(o1)CC(C)(C)CC2NC(=O)NCCCn1ccnc1. The van der Waals surface area contributed by atoms with Crippen molar-refractivity contribution in [2.24, 2.45) is 5.41 Å². The molecule has 0 fully saturated rings. The van der Waals surface area contributed by atoms with Crippen molar-refractivity contribution >= 4 is 6.03 Å². The van der Waals surface area contributed by atoms with E-state index in [1.54, 1.807) is 12.5 Å². The van der Waals surface area contributed by atoms with Crippen LogP contribution >= 0.6 is 0 Å². The largest absolute Gasteiger partial charge is 0.466 e. The smallest absolute Gasteiger partial charge is 0.315 e. The van der Waals surface area contributed by atoms with Crippen LogP contribution < -0.4 is 10.6 Å². The first-order valence-electron chi connectivity index (χ1n) is 8.52. The van der Waals surface area contributed by atoms with Crippen molar-refractivity contribution in [2.75, 3.05) is 6.54 Å². The van der Waals surface area contributed by atoms with Crippen molar-refractivity contribution < 1.29 is 9.21 Å². The lowest BCUT2D eigenvalue weighted by molar-refractivity contribution is 0.214. The van der Waals surface area contributed by atoms with Gasteiger partial charge in [-0.15, -0.1) is 0 Å². The van der Waals surface area contributed by atoms with Gasteiger partial charge in [-0.2, -0.15) is 0 Å². The number of aryl methyl sites for hydroxylation is 2. The van der Waals surface area contributed by atoms with Crippen LogP contribution in [0.25, 0.3) is 0 Å². The van der Waals surface area contributed by atoms with E-state index in [-0.39, 0.29) is 17.5 Å². The van der Waals surface area contributed by atoms with Gasteiger partial charge in [0.15, 0.2) is 0 Å². The van der Waals surface area contributed by atoms with Gasteiger partial charge in [0.2, 0.25) is 0 Å². The first-order valence-corrected chi connectivity index (χ1v) is 8.52. The standard InChI is InChI=1S/C18H26N4O2/c1-13-9-14-15(10-18(2,3)11-16(14)24-13)21-17(23)20-5-4-7-22-8-6-19-12-22/h6,8-9,12,15H,4-5,7,10-11H2,1-3H3,(H2,20,21,23). The molecule has 24 heavy (non-hydrogen) atoms. The average molecular weight is 330 g/mol. The lowest BCUT2D eigenvalue weighted by Gasteiger charge is -2.34. The molecule has 1 aliphatic rings. The van der Waals surface area contributed by atoms with Gasteiger partial charge in [-0.05, 0) is 31.2 Å². The minimum absolute atomic E-state index is 0.00912. The molecule has 0 saturated carbocycles. The van der Waals surface area contributed by atoms with Crippen LogP contribution in [0.15, 0.2) is 29.2 Å². The zero-order chi connectivity index (χ0) is 17.2. The molecule has 1 unspecified atom stereocenters. The molecule has 1 atom stereocenters. The van der Waals surface area contributed by atoms with E-state index in [1.165, 1.54) is 0 Å². The average Bonchev–Trinajstić information content (AvgIpc) is 3.11. The van der Waals surface area contributed by atoms with E-state index in [4.69, 9.17) is 4.42 Å². The number of hydrogen-bond acceptors (Lipinski definition) is 3. The highest BCUT2D eigenvalue weighted by Gasteiger charge is 2.35. The second-order valence-corrected chi connectivity index (χ2v) is 7.39. The first kappa shape index (κ1) is 16.6. The zero-order valence-electron chi connectivity index (χ0n) is 14.6. The number of carbonyl (C=O) groups excluding carboxylic acids is 1. The molecule has 2 N–H and O–H groups in total. The van der Waals surface area contributed by atoms with Crippen molar-refractivity contribution in [1.29, 1.82) is 0 Å². The Morgan fingerprint density at radius 2 is 2.33 bits per heavy atom. The van der Waals surface area contributed by atoms with Crippen molar-refractivity contribution in [2.45, 2.75) is 52.6 Å². The number of urea groups is 1. The molecule has 2 heterocycles. The summed E-state index contributed by atoms with van der Waals surface area (Å²) in [6.45, 7) is 7.87. The maximum atomic E-state index is 12.2. The van der Waals surface area contributed by atoms with E-state index in [2.05, 4.69) is 35.5 Å². The second kappa shape index (κ2) is 6.71. The second-order valence-electron chi connectivity index (χ2n) is 7.39. The number of carbonyl (C=O) groups is 1. The highest BCUT2D eigenvalue weighted by Crippen LogP contribution is 2.41. The molecule has 130 valence electrons. The Morgan fingerprint density at radius 3 is 3.08 bits per heavy atom. The van der Waals surface area contributed by atoms with E-state index in [1.807, 2.05) is 17.7 Å². The summed E-state index contributed by atoms with van der Waals surface area (Å²) < 4.78 is 7.82. The maximum absolute atomic E-state index is 12.2. The molecule has 6 heteroatoms. The lowest BCUT2D eigenvalue weighted by Crippen LogP contribution is -2.41. The summed E-state index contributed by atoms with van der Waals surface area (Å²) in [6.07, 6.45) is 8.17. The van der Waals surface area contributed by atoms with Crippen LogP contribution in [-0.2, 0) is 13.0 Å². The van der Waals surface area contributed by atoms with Gasteiger partial charge in [0, 0.05) is 37.5 Å². The van der Waals surface area contributed by atoms with Crippen molar-refractivity contribution in [3.05, 3.63) is 41.9 Å². The summed E-state index contributed by atoms with van der Waals surface area (Å²) in [4.78, 5) is 16.2. The Labute approximate surface area is 142 Å². The van der Waals surface area contributed by atoms with E-state index in [0.717, 1.165) is 42.9 Å². The Balaban J connectivity index is 1.52. The Morgan fingerprint density at radius 1 is 1.50 bits per heavy atom. The summed E-state index contributed by atoms with van der Waals surface area (Å²) in [5.41, 5.74) is 1.25. The normalized spacial score (nSPS) is 18.9. The monoisotopic (exact) mass is 330 g/mol. The van der Waals surface area contributed by atoms with E-state index < -0.39 is 0 Å². The van der Waals surface area contributed by atoms with Crippen molar-refractivity contribution in [3.8, 4) is 0 Å². The third kappa shape index (κ3) is 3.99.